The van der Waals surface area contributed by atoms with E-state index in [1.54, 1.807) is 0 Å². The van der Waals surface area contributed by atoms with Crippen LogP contribution in [-0.4, -0.2) is 13.2 Å². The van der Waals surface area contributed by atoms with Gasteiger partial charge < -0.3 is 4.74 Å². The van der Waals surface area contributed by atoms with Gasteiger partial charge in [-0.25, -0.2) is 8.78 Å². The largest absolute Gasteiger partial charge is 0.381 e. The molecule has 2 rings (SSSR count). The number of hydrogen-bond acceptors (Lipinski definition) is 1. The van der Waals surface area contributed by atoms with Crippen molar-refractivity contribution in [3.8, 4) is 0 Å². The summed E-state index contributed by atoms with van der Waals surface area (Å²) < 4.78 is 32.5. The molecule has 94 valence electrons. The van der Waals surface area contributed by atoms with Crippen molar-refractivity contribution in [2.75, 3.05) is 13.2 Å². The summed E-state index contributed by atoms with van der Waals surface area (Å²) in [5, 5.41) is -0.544. The van der Waals surface area contributed by atoms with E-state index in [1.807, 2.05) is 0 Å². The molecule has 1 nitrogen and oxygen atoms in total. The van der Waals surface area contributed by atoms with Crippen molar-refractivity contribution >= 4 is 27.5 Å². The minimum atomic E-state index is -0.544. The molecule has 2 atom stereocenters. The van der Waals surface area contributed by atoms with Gasteiger partial charge in [0.05, 0.1) is 16.5 Å². The van der Waals surface area contributed by atoms with Crippen LogP contribution in [0.25, 0.3) is 0 Å². The highest BCUT2D eigenvalue weighted by atomic mass is 79.9. The molecule has 2 unspecified atom stereocenters. The fourth-order valence-corrected chi connectivity index (χ4v) is 2.68. The zero-order valence-electron chi connectivity index (χ0n) is 9.06. The Morgan fingerprint density at radius 3 is 2.76 bits per heavy atom. The van der Waals surface area contributed by atoms with Crippen molar-refractivity contribution in [1.29, 1.82) is 0 Å². The molecule has 1 heterocycles. The third-order valence-corrected chi connectivity index (χ3v) is 4.15. The molecular weight excluding hydrogens is 313 g/mol. The molecule has 0 bridgehead atoms. The van der Waals surface area contributed by atoms with Crippen LogP contribution < -0.4 is 0 Å². The van der Waals surface area contributed by atoms with E-state index < -0.39 is 17.0 Å². The lowest BCUT2D eigenvalue weighted by molar-refractivity contribution is 0.0528. The smallest absolute Gasteiger partial charge is 0.137 e. The summed E-state index contributed by atoms with van der Waals surface area (Å²) in [7, 11) is 0. The second-order valence-corrected chi connectivity index (χ2v) is 5.49. The van der Waals surface area contributed by atoms with Gasteiger partial charge in [-0.1, -0.05) is 0 Å². The minimum Gasteiger partial charge on any atom is -0.381 e. The fraction of sp³-hybridized carbons (Fsp3) is 0.500. The van der Waals surface area contributed by atoms with Crippen LogP contribution in [-0.2, 0) is 4.74 Å². The SMILES string of the molecule is Fc1cc(C(Cl)C2CCCOC2)c(F)cc1Br. The van der Waals surface area contributed by atoms with Crippen LogP contribution in [0.2, 0.25) is 0 Å². The highest BCUT2D eigenvalue weighted by molar-refractivity contribution is 9.10. The summed E-state index contributed by atoms with van der Waals surface area (Å²) in [5.41, 5.74) is 0.211. The quantitative estimate of drug-likeness (QED) is 0.577. The highest BCUT2D eigenvalue weighted by Gasteiger charge is 2.26. The third kappa shape index (κ3) is 2.98. The molecule has 1 saturated heterocycles. The lowest BCUT2D eigenvalue weighted by atomic mass is 9.93. The second kappa shape index (κ2) is 5.63. The van der Waals surface area contributed by atoms with Gasteiger partial charge in [-0.2, -0.15) is 0 Å². The Labute approximate surface area is 112 Å². The predicted octanol–water partition coefficient (Wildman–Crippen LogP) is 4.43. The normalized spacial score (nSPS) is 22.5. The van der Waals surface area contributed by atoms with Crippen molar-refractivity contribution in [2.45, 2.75) is 18.2 Å². The van der Waals surface area contributed by atoms with Gasteiger partial charge in [0.1, 0.15) is 11.6 Å². The number of benzene rings is 1. The first-order valence-corrected chi connectivity index (χ1v) is 6.69. The first kappa shape index (κ1) is 13.2. The maximum Gasteiger partial charge on any atom is 0.137 e. The van der Waals surface area contributed by atoms with E-state index >= 15 is 0 Å². The average Bonchev–Trinajstić information content (AvgIpc) is 2.34. The van der Waals surface area contributed by atoms with E-state index in [1.165, 1.54) is 0 Å². The number of alkyl halides is 1. The minimum absolute atomic E-state index is 0.0421. The molecular formula is C12H12BrClF2O. The molecule has 0 aromatic heterocycles. The van der Waals surface area contributed by atoms with Crippen LogP contribution in [0.5, 0.6) is 0 Å². The fourth-order valence-electron chi connectivity index (χ4n) is 2.00. The van der Waals surface area contributed by atoms with Crippen LogP contribution >= 0.6 is 27.5 Å². The Morgan fingerprint density at radius 1 is 1.35 bits per heavy atom. The van der Waals surface area contributed by atoms with Gasteiger partial charge in [-0.3, -0.25) is 0 Å². The van der Waals surface area contributed by atoms with Crippen molar-refractivity contribution in [2.24, 2.45) is 5.92 Å². The zero-order valence-corrected chi connectivity index (χ0v) is 11.4. The van der Waals surface area contributed by atoms with Gasteiger partial charge in [0.15, 0.2) is 0 Å². The Bertz CT molecular complexity index is 408. The monoisotopic (exact) mass is 324 g/mol. The van der Waals surface area contributed by atoms with Crippen LogP contribution in [0, 0.1) is 17.6 Å². The molecule has 1 aromatic carbocycles. The van der Waals surface area contributed by atoms with Gasteiger partial charge in [0.25, 0.3) is 0 Å². The Kier molecular flexibility index (Phi) is 4.39. The van der Waals surface area contributed by atoms with E-state index in [0.29, 0.717) is 6.61 Å². The predicted molar refractivity (Wildman–Crippen MR) is 66.2 cm³/mol. The Morgan fingerprint density at radius 2 is 2.12 bits per heavy atom. The molecule has 17 heavy (non-hydrogen) atoms. The van der Waals surface area contributed by atoms with Crippen molar-refractivity contribution in [3.63, 3.8) is 0 Å². The lowest BCUT2D eigenvalue weighted by Crippen LogP contribution is -2.21. The number of ether oxygens (including phenoxy) is 1. The standard InChI is InChI=1S/C12H12BrClF2O/c13-9-5-10(15)8(4-11(9)16)12(14)7-2-1-3-17-6-7/h4-5,7,12H,1-3,6H2. The highest BCUT2D eigenvalue weighted by Crippen LogP contribution is 2.36. The molecule has 0 spiro atoms. The van der Waals surface area contributed by atoms with E-state index in [-0.39, 0.29) is 16.0 Å². The second-order valence-electron chi connectivity index (χ2n) is 4.17. The molecule has 1 fully saturated rings. The summed E-state index contributed by atoms with van der Waals surface area (Å²) in [6, 6.07) is 2.27. The molecule has 0 aliphatic carbocycles. The van der Waals surface area contributed by atoms with Crippen LogP contribution in [0.1, 0.15) is 23.8 Å². The zero-order chi connectivity index (χ0) is 12.4. The Hall–Kier alpha value is -0.190. The van der Waals surface area contributed by atoms with E-state index in [2.05, 4.69) is 15.9 Å². The van der Waals surface area contributed by atoms with Gasteiger partial charge in [0.2, 0.25) is 0 Å². The lowest BCUT2D eigenvalue weighted by Gasteiger charge is -2.26. The Balaban J connectivity index is 2.23. The summed E-state index contributed by atoms with van der Waals surface area (Å²) >= 11 is 9.16. The topological polar surface area (TPSA) is 9.23 Å². The molecule has 0 N–H and O–H groups in total. The molecule has 1 aliphatic rings. The van der Waals surface area contributed by atoms with Crippen molar-refractivity contribution < 1.29 is 13.5 Å². The summed E-state index contributed by atoms with van der Waals surface area (Å²) in [6.07, 6.45) is 1.79. The third-order valence-electron chi connectivity index (χ3n) is 2.95. The van der Waals surface area contributed by atoms with E-state index in [9.17, 15) is 8.78 Å². The van der Waals surface area contributed by atoms with Gasteiger partial charge >= 0.3 is 0 Å². The van der Waals surface area contributed by atoms with Gasteiger partial charge in [-0.15, -0.1) is 11.6 Å². The van der Waals surface area contributed by atoms with E-state index in [0.717, 1.165) is 31.6 Å². The number of hydrogen-bond donors (Lipinski definition) is 0. The maximum atomic E-state index is 13.7. The first-order chi connectivity index (χ1) is 8.09. The van der Waals surface area contributed by atoms with Crippen LogP contribution in [0.4, 0.5) is 8.78 Å². The average molecular weight is 326 g/mol. The molecule has 1 aromatic rings. The molecule has 0 radical (unpaired) electrons. The molecule has 1 aliphatic heterocycles. The molecule has 0 amide bonds. The van der Waals surface area contributed by atoms with Gasteiger partial charge in [-0.05, 0) is 40.9 Å². The summed E-state index contributed by atoms with van der Waals surface area (Å²) in [5.74, 6) is -0.937. The maximum absolute atomic E-state index is 13.7. The van der Waals surface area contributed by atoms with Crippen molar-refractivity contribution in [1.82, 2.24) is 0 Å². The van der Waals surface area contributed by atoms with Crippen LogP contribution in [0.3, 0.4) is 0 Å². The summed E-state index contributed by atoms with van der Waals surface area (Å²) in [6.45, 7) is 1.22. The molecule has 0 saturated carbocycles. The first-order valence-electron chi connectivity index (χ1n) is 5.46. The molecule has 5 heteroatoms. The summed E-state index contributed by atoms with van der Waals surface area (Å²) in [4.78, 5) is 0. The number of rotatable bonds is 2. The van der Waals surface area contributed by atoms with Crippen molar-refractivity contribution in [3.05, 3.63) is 33.8 Å². The van der Waals surface area contributed by atoms with E-state index in [4.69, 9.17) is 16.3 Å². The number of halogens is 4. The van der Waals surface area contributed by atoms with Crippen LogP contribution in [0.15, 0.2) is 16.6 Å². The van der Waals surface area contributed by atoms with Gasteiger partial charge in [0, 0.05) is 18.1 Å².